The molecule has 2 aliphatic heterocycles. The van der Waals surface area contributed by atoms with Gasteiger partial charge in [0.25, 0.3) is 0 Å². The third-order valence-electron chi connectivity index (χ3n) is 9.03. The molecule has 9 nitrogen and oxygen atoms in total. The third kappa shape index (κ3) is 7.33. The van der Waals surface area contributed by atoms with Crippen LogP contribution in [0.2, 0.25) is 0 Å². The molecule has 2 saturated heterocycles. The predicted molar refractivity (Wildman–Crippen MR) is 177 cm³/mol. The van der Waals surface area contributed by atoms with E-state index in [2.05, 4.69) is 15.3 Å². The Kier molecular flexibility index (Phi) is 9.20. The fourth-order valence-electron chi connectivity index (χ4n) is 6.59. The van der Waals surface area contributed by atoms with Crippen molar-refractivity contribution in [3.05, 3.63) is 84.4 Å². The van der Waals surface area contributed by atoms with Gasteiger partial charge in [-0.15, -0.1) is 0 Å². The van der Waals surface area contributed by atoms with E-state index in [1.54, 1.807) is 42.5 Å². The van der Waals surface area contributed by atoms with Crippen LogP contribution in [0.3, 0.4) is 0 Å². The molecule has 2 fully saturated rings. The number of carboxylic acids is 1. The van der Waals surface area contributed by atoms with Crippen molar-refractivity contribution in [3.8, 4) is 33.9 Å². The molecule has 0 unspecified atom stereocenters. The number of benzene rings is 3. The Balaban J connectivity index is 1.29. The van der Waals surface area contributed by atoms with Crippen molar-refractivity contribution in [2.45, 2.75) is 57.5 Å². The maximum atomic E-state index is 14.9. The second-order valence-corrected chi connectivity index (χ2v) is 12.8. The summed E-state index contributed by atoms with van der Waals surface area (Å²) >= 11 is 0. The van der Waals surface area contributed by atoms with Crippen molar-refractivity contribution in [2.24, 2.45) is 5.41 Å². The minimum absolute atomic E-state index is 0.00966. The highest BCUT2D eigenvalue weighted by Crippen LogP contribution is 2.44. The summed E-state index contributed by atoms with van der Waals surface area (Å²) in [6.45, 7) is 5.55. The van der Waals surface area contributed by atoms with Gasteiger partial charge in [0.1, 0.15) is 17.6 Å². The number of nitrogen functional groups attached to an aromatic ring is 1. The first-order valence-corrected chi connectivity index (χ1v) is 15.9. The maximum absolute atomic E-state index is 14.9. The molecule has 1 spiro atoms. The van der Waals surface area contributed by atoms with Crippen molar-refractivity contribution in [1.82, 2.24) is 15.3 Å². The van der Waals surface area contributed by atoms with Gasteiger partial charge in [0.2, 0.25) is 17.9 Å². The van der Waals surface area contributed by atoms with Gasteiger partial charge in [-0.3, -0.25) is 4.79 Å². The van der Waals surface area contributed by atoms with Gasteiger partial charge in [-0.1, -0.05) is 54.6 Å². The van der Waals surface area contributed by atoms with Crippen molar-refractivity contribution >= 4 is 17.7 Å². The molecule has 4 N–H and O–H groups in total. The summed E-state index contributed by atoms with van der Waals surface area (Å²) in [4.78, 5) is 21.7. The third-order valence-corrected chi connectivity index (χ3v) is 9.03. The number of alkyl halides is 3. The number of carboxylic acid groups (broad SMARTS) is 1. The summed E-state index contributed by atoms with van der Waals surface area (Å²) in [6.07, 6.45) is -5.20. The van der Waals surface area contributed by atoms with Gasteiger partial charge in [-0.25, -0.2) is 0 Å². The van der Waals surface area contributed by atoms with E-state index in [1.165, 1.54) is 12.1 Å². The first kappa shape index (κ1) is 33.1. The average molecular weight is 662 g/mol. The summed E-state index contributed by atoms with van der Waals surface area (Å²) in [7, 11) is 0. The van der Waals surface area contributed by atoms with Crippen molar-refractivity contribution in [3.63, 3.8) is 0 Å². The molecular formula is C36H38F3N5O4. The Morgan fingerprint density at radius 1 is 0.958 bits per heavy atom. The van der Waals surface area contributed by atoms with Crippen molar-refractivity contribution in [2.75, 3.05) is 30.3 Å². The van der Waals surface area contributed by atoms with Crippen LogP contribution in [-0.4, -0.2) is 59.0 Å². The number of hydrogen-bond acceptors (Lipinski definition) is 8. The topological polar surface area (TPSA) is 123 Å². The van der Waals surface area contributed by atoms with Crippen LogP contribution < -0.4 is 25.4 Å². The van der Waals surface area contributed by atoms with Gasteiger partial charge in [-0.05, 0) is 79.0 Å². The van der Waals surface area contributed by atoms with Crippen LogP contribution in [0, 0.1) is 5.41 Å². The summed E-state index contributed by atoms with van der Waals surface area (Å²) in [5.74, 6) is -0.306. The van der Waals surface area contributed by atoms with Gasteiger partial charge < -0.3 is 30.5 Å². The fraction of sp³-hybridized carbons (Fsp3) is 0.361. The zero-order chi connectivity index (χ0) is 34.1. The van der Waals surface area contributed by atoms with Crippen molar-refractivity contribution in [1.29, 1.82) is 0 Å². The Bertz CT molecular complexity index is 1740. The lowest BCUT2D eigenvalue weighted by Crippen LogP contribution is -2.41. The number of nitrogens with two attached hydrogens (primary N) is 1. The summed E-state index contributed by atoms with van der Waals surface area (Å²) in [5.41, 5.74) is 8.31. The molecule has 0 saturated carbocycles. The van der Waals surface area contributed by atoms with E-state index in [4.69, 9.17) is 15.2 Å². The molecule has 3 heterocycles. The van der Waals surface area contributed by atoms with E-state index in [9.17, 15) is 23.1 Å². The van der Waals surface area contributed by atoms with E-state index < -0.39 is 24.3 Å². The van der Waals surface area contributed by atoms with Crippen LogP contribution in [0.25, 0.3) is 22.3 Å². The Morgan fingerprint density at radius 3 is 2.27 bits per heavy atom. The Morgan fingerprint density at radius 2 is 1.65 bits per heavy atom. The van der Waals surface area contributed by atoms with Crippen LogP contribution >= 0.6 is 0 Å². The van der Waals surface area contributed by atoms with Crippen LogP contribution in [-0.2, 0) is 4.79 Å². The number of carbonyl (C=O) groups is 1. The predicted octanol–water partition coefficient (Wildman–Crippen LogP) is 6.90. The zero-order valence-corrected chi connectivity index (χ0v) is 26.7. The smallest absolute Gasteiger partial charge is 0.429 e. The van der Waals surface area contributed by atoms with Gasteiger partial charge in [-0.2, -0.15) is 23.1 Å². The summed E-state index contributed by atoms with van der Waals surface area (Å²) in [5, 5.41) is 12.5. The number of nitrogens with zero attached hydrogens (tertiary/aromatic N) is 3. The second-order valence-electron chi connectivity index (χ2n) is 12.8. The molecule has 0 bridgehead atoms. The fourth-order valence-corrected chi connectivity index (χ4v) is 6.59. The lowest BCUT2D eigenvalue weighted by molar-refractivity contribution is -0.198. The number of ether oxygens (including phenoxy) is 2. The number of halogens is 3. The Labute approximate surface area is 276 Å². The van der Waals surface area contributed by atoms with E-state index in [-0.39, 0.29) is 28.9 Å². The lowest BCUT2D eigenvalue weighted by atomic mass is 9.76. The quantitative estimate of drug-likeness (QED) is 0.176. The number of aliphatic carboxylic acids is 1. The number of piperidine rings is 1. The van der Waals surface area contributed by atoms with Crippen LogP contribution in [0.15, 0.2) is 78.9 Å². The second kappa shape index (κ2) is 13.3. The number of nitrogens with one attached hydrogen (secondary N) is 1. The van der Waals surface area contributed by atoms with E-state index in [1.807, 2.05) is 43.0 Å². The SMILES string of the molecule is CC(C)Oc1ccc(-c2ccc([C@@H](Oc3cc(N4CCC5(CC4)CN[C@H](C(=O)O)C5)nc(N)n3)C(F)(F)F)c(-c3ccccc3)c2)cc1. The molecule has 48 heavy (non-hydrogen) atoms. The molecule has 252 valence electrons. The summed E-state index contributed by atoms with van der Waals surface area (Å²) < 4.78 is 56.1. The number of aromatic nitrogens is 2. The molecule has 0 amide bonds. The van der Waals surface area contributed by atoms with Gasteiger partial charge in [0, 0.05) is 31.3 Å². The molecule has 2 aliphatic rings. The molecule has 0 radical (unpaired) electrons. The average Bonchev–Trinajstić information content (AvgIpc) is 3.47. The first-order valence-electron chi connectivity index (χ1n) is 15.9. The van der Waals surface area contributed by atoms with E-state index in [0.717, 1.165) is 11.1 Å². The van der Waals surface area contributed by atoms with Gasteiger partial charge in [0.15, 0.2) is 0 Å². The number of rotatable bonds is 9. The molecule has 1 aromatic heterocycles. The lowest BCUT2D eigenvalue weighted by Gasteiger charge is -2.39. The highest BCUT2D eigenvalue weighted by atomic mass is 19.4. The highest BCUT2D eigenvalue weighted by molar-refractivity contribution is 5.76. The normalized spacial score (nSPS) is 18.2. The van der Waals surface area contributed by atoms with Crippen LogP contribution in [0.4, 0.5) is 24.9 Å². The molecule has 3 aromatic carbocycles. The van der Waals surface area contributed by atoms with E-state index >= 15 is 0 Å². The molecule has 12 heteroatoms. The number of hydrogen-bond donors (Lipinski definition) is 3. The number of anilines is 2. The van der Waals surface area contributed by atoms with Crippen LogP contribution in [0.5, 0.6) is 11.6 Å². The molecular weight excluding hydrogens is 623 g/mol. The zero-order valence-electron chi connectivity index (χ0n) is 26.7. The highest BCUT2D eigenvalue weighted by Gasteiger charge is 2.46. The van der Waals surface area contributed by atoms with Gasteiger partial charge in [0.05, 0.1) is 6.10 Å². The van der Waals surface area contributed by atoms with Gasteiger partial charge >= 0.3 is 12.1 Å². The minimum atomic E-state index is -4.80. The molecule has 0 aliphatic carbocycles. The van der Waals surface area contributed by atoms with Crippen molar-refractivity contribution < 1.29 is 32.5 Å². The van der Waals surface area contributed by atoms with E-state index in [0.29, 0.717) is 61.6 Å². The largest absolute Gasteiger partial charge is 0.491 e. The maximum Gasteiger partial charge on any atom is 0.429 e. The molecule has 4 aromatic rings. The minimum Gasteiger partial charge on any atom is -0.491 e. The molecule has 6 rings (SSSR count). The molecule has 2 atom stereocenters. The van der Waals surface area contributed by atoms with Crippen LogP contribution in [0.1, 0.15) is 44.8 Å². The standard InChI is InChI=1S/C36H38F3N5O4/c1-22(2)47-26-11-8-23(9-12-26)25-10-13-27(28(18-25)24-6-4-3-5-7-24)32(36(37,38)39)48-31-19-30(42-34(40)43-31)44-16-14-35(15-17-44)20-29(33(45)46)41-21-35/h3-13,18-19,22,29,32,41H,14-17,20-21H2,1-2H3,(H,45,46)(H2,40,42,43)/t29-,32+/m0/s1. The first-order chi connectivity index (χ1) is 22.9. The Hall–Kier alpha value is -4.84. The monoisotopic (exact) mass is 661 g/mol. The summed E-state index contributed by atoms with van der Waals surface area (Å²) in [6, 6.07) is 21.9.